The lowest BCUT2D eigenvalue weighted by Gasteiger charge is -2.13. The number of thiazole rings is 1. The molecule has 1 aromatic carbocycles. The number of hydrogen-bond donors (Lipinski definition) is 1. The molecule has 0 unspecified atom stereocenters. The summed E-state index contributed by atoms with van der Waals surface area (Å²) in [6.07, 6.45) is 4.40. The highest BCUT2D eigenvalue weighted by molar-refractivity contribution is 7.11. The van der Waals surface area contributed by atoms with E-state index < -0.39 is 0 Å². The summed E-state index contributed by atoms with van der Waals surface area (Å²) in [6.45, 7) is 3.31. The van der Waals surface area contributed by atoms with E-state index >= 15 is 0 Å². The first-order valence-corrected chi connectivity index (χ1v) is 7.96. The molecule has 106 valence electrons. The summed E-state index contributed by atoms with van der Waals surface area (Å²) in [5.74, 6) is 0.858. The minimum atomic E-state index is 0.544. The second-order valence-electron chi connectivity index (χ2n) is 5.01. The van der Waals surface area contributed by atoms with Gasteiger partial charge < -0.3 is 10.1 Å². The van der Waals surface area contributed by atoms with Crippen LogP contribution < -0.4 is 10.1 Å². The molecule has 3 nitrogen and oxygen atoms in total. The molecule has 5 heteroatoms. The van der Waals surface area contributed by atoms with E-state index in [1.54, 1.807) is 11.3 Å². The van der Waals surface area contributed by atoms with Crippen molar-refractivity contribution in [1.82, 2.24) is 10.3 Å². The van der Waals surface area contributed by atoms with Crippen molar-refractivity contribution in [3.05, 3.63) is 44.9 Å². The number of aryl methyl sites for hydroxylation is 1. The number of nitrogens with one attached hydrogen (secondary N) is 1. The molecule has 0 aliphatic heterocycles. The van der Waals surface area contributed by atoms with Crippen molar-refractivity contribution in [2.24, 2.45) is 0 Å². The van der Waals surface area contributed by atoms with Crippen LogP contribution in [0.2, 0.25) is 5.02 Å². The molecule has 0 saturated heterocycles. The lowest BCUT2D eigenvalue weighted by molar-refractivity contribution is 0.305. The fourth-order valence-electron chi connectivity index (χ4n) is 2.00. The SMILES string of the molecule is Cc1ncc(COc2cccc(Cl)c2CNC2CC2)s1. The number of nitrogens with zero attached hydrogens (tertiary/aromatic N) is 1. The summed E-state index contributed by atoms with van der Waals surface area (Å²) >= 11 is 7.95. The smallest absolute Gasteiger partial charge is 0.125 e. The zero-order valence-electron chi connectivity index (χ0n) is 11.4. The maximum absolute atomic E-state index is 6.29. The molecule has 0 bridgehead atoms. The Balaban J connectivity index is 1.68. The quantitative estimate of drug-likeness (QED) is 0.878. The van der Waals surface area contributed by atoms with Gasteiger partial charge in [0.05, 0.1) is 9.88 Å². The lowest BCUT2D eigenvalue weighted by atomic mass is 10.2. The van der Waals surface area contributed by atoms with E-state index in [2.05, 4.69) is 10.3 Å². The predicted octanol–water partition coefficient (Wildman–Crippen LogP) is 3.94. The van der Waals surface area contributed by atoms with Crippen LogP contribution in [0.25, 0.3) is 0 Å². The van der Waals surface area contributed by atoms with E-state index in [0.29, 0.717) is 12.6 Å². The van der Waals surface area contributed by atoms with Crippen molar-refractivity contribution in [2.75, 3.05) is 0 Å². The van der Waals surface area contributed by atoms with Gasteiger partial charge in [-0.15, -0.1) is 11.3 Å². The predicted molar refractivity (Wildman–Crippen MR) is 82.5 cm³/mol. The van der Waals surface area contributed by atoms with E-state index in [-0.39, 0.29) is 0 Å². The first-order valence-electron chi connectivity index (χ1n) is 6.77. The highest BCUT2D eigenvalue weighted by Gasteiger charge is 2.21. The molecule has 20 heavy (non-hydrogen) atoms. The zero-order chi connectivity index (χ0) is 13.9. The van der Waals surface area contributed by atoms with Crippen molar-refractivity contribution < 1.29 is 4.74 Å². The van der Waals surface area contributed by atoms with Gasteiger partial charge >= 0.3 is 0 Å². The highest BCUT2D eigenvalue weighted by Crippen LogP contribution is 2.29. The molecule has 1 saturated carbocycles. The molecule has 0 radical (unpaired) electrons. The van der Waals surface area contributed by atoms with E-state index in [0.717, 1.165) is 32.8 Å². The normalized spacial score (nSPS) is 14.5. The van der Waals surface area contributed by atoms with Crippen LogP contribution in [-0.4, -0.2) is 11.0 Å². The Kier molecular flexibility index (Phi) is 4.24. The van der Waals surface area contributed by atoms with E-state index in [1.807, 2.05) is 31.3 Å². The Morgan fingerprint density at radius 2 is 2.30 bits per heavy atom. The Morgan fingerprint density at radius 3 is 3.00 bits per heavy atom. The number of halogens is 1. The molecule has 2 aromatic rings. The topological polar surface area (TPSA) is 34.1 Å². The first kappa shape index (κ1) is 13.9. The van der Waals surface area contributed by atoms with E-state index in [1.165, 1.54) is 12.8 Å². The van der Waals surface area contributed by atoms with Gasteiger partial charge in [-0.25, -0.2) is 4.98 Å². The Hall–Kier alpha value is -1.10. The van der Waals surface area contributed by atoms with Crippen LogP contribution in [0.3, 0.4) is 0 Å². The monoisotopic (exact) mass is 308 g/mol. The van der Waals surface area contributed by atoms with Gasteiger partial charge in [0.15, 0.2) is 0 Å². The lowest BCUT2D eigenvalue weighted by Crippen LogP contribution is -2.16. The molecule has 1 aliphatic carbocycles. The number of aromatic nitrogens is 1. The van der Waals surface area contributed by atoms with Gasteiger partial charge in [0.2, 0.25) is 0 Å². The number of hydrogen-bond acceptors (Lipinski definition) is 4. The Labute approximate surface area is 127 Å². The average molecular weight is 309 g/mol. The van der Waals surface area contributed by atoms with Crippen molar-refractivity contribution in [2.45, 2.75) is 39.0 Å². The summed E-state index contributed by atoms with van der Waals surface area (Å²) in [5, 5.41) is 5.30. The third-order valence-corrected chi connectivity index (χ3v) is 4.50. The molecule has 0 spiro atoms. The van der Waals surface area contributed by atoms with Crippen molar-refractivity contribution in [3.63, 3.8) is 0 Å². The van der Waals surface area contributed by atoms with Gasteiger partial charge in [-0.2, -0.15) is 0 Å². The molecule has 3 rings (SSSR count). The molecule has 0 amide bonds. The summed E-state index contributed by atoms with van der Waals surface area (Å²) in [5.41, 5.74) is 1.04. The van der Waals surface area contributed by atoms with Crippen LogP contribution >= 0.6 is 22.9 Å². The molecule has 1 heterocycles. The van der Waals surface area contributed by atoms with Crippen molar-refractivity contribution in [3.8, 4) is 5.75 Å². The molecule has 1 N–H and O–H groups in total. The van der Waals surface area contributed by atoms with Crippen LogP contribution in [0.4, 0.5) is 0 Å². The Morgan fingerprint density at radius 1 is 1.45 bits per heavy atom. The second-order valence-corrected chi connectivity index (χ2v) is 6.73. The molecule has 1 aliphatic rings. The second kappa shape index (κ2) is 6.12. The molecular weight excluding hydrogens is 292 g/mol. The van der Waals surface area contributed by atoms with Crippen molar-refractivity contribution in [1.29, 1.82) is 0 Å². The van der Waals surface area contributed by atoms with Gasteiger partial charge in [-0.1, -0.05) is 17.7 Å². The van der Waals surface area contributed by atoms with Crippen molar-refractivity contribution >= 4 is 22.9 Å². The van der Waals surface area contributed by atoms with Crippen LogP contribution in [0.1, 0.15) is 28.3 Å². The largest absolute Gasteiger partial charge is 0.488 e. The molecule has 1 aromatic heterocycles. The summed E-state index contributed by atoms with van der Waals surface area (Å²) < 4.78 is 5.92. The first-order chi connectivity index (χ1) is 9.72. The maximum atomic E-state index is 6.29. The van der Waals surface area contributed by atoms with Gasteiger partial charge in [-0.3, -0.25) is 0 Å². The fourth-order valence-corrected chi connectivity index (χ4v) is 2.94. The molecule has 1 fully saturated rings. The Bertz CT molecular complexity index is 595. The number of rotatable bonds is 6. The number of benzene rings is 1. The van der Waals surface area contributed by atoms with Gasteiger partial charge in [-0.05, 0) is 31.9 Å². The third-order valence-electron chi connectivity index (χ3n) is 3.26. The van der Waals surface area contributed by atoms with Gasteiger partial charge in [0, 0.05) is 29.4 Å². The third kappa shape index (κ3) is 3.51. The number of ether oxygens (including phenoxy) is 1. The summed E-state index contributed by atoms with van der Waals surface area (Å²) in [4.78, 5) is 5.37. The fraction of sp³-hybridized carbons (Fsp3) is 0.400. The minimum absolute atomic E-state index is 0.544. The van der Waals surface area contributed by atoms with Crippen LogP contribution in [0.5, 0.6) is 5.75 Å². The maximum Gasteiger partial charge on any atom is 0.125 e. The van der Waals surface area contributed by atoms with E-state index in [4.69, 9.17) is 16.3 Å². The van der Waals surface area contributed by atoms with Gasteiger partial charge in [0.25, 0.3) is 0 Å². The van der Waals surface area contributed by atoms with Crippen LogP contribution in [0, 0.1) is 6.92 Å². The highest BCUT2D eigenvalue weighted by atomic mass is 35.5. The van der Waals surface area contributed by atoms with Crippen LogP contribution in [0.15, 0.2) is 24.4 Å². The standard InChI is InChI=1S/C15H17ClN2OS/c1-10-17-7-12(20-10)9-19-15-4-2-3-14(16)13(15)8-18-11-5-6-11/h2-4,7,11,18H,5-6,8-9H2,1H3. The van der Waals surface area contributed by atoms with Crippen LogP contribution in [-0.2, 0) is 13.2 Å². The van der Waals surface area contributed by atoms with Gasteiger partial charge in [0.1, 0.15) is 12.4 Å². The minimum Gasteiger partial charge on any atom is -0.488 e. The average Bonchev–Trinajstić information content (AvgIpc) is 3.17. The van der Waals surface area contributed by atoms with E-state index in [9.17, 15) is 0 Å². The molecular formula is C15H17ClN2OS. The zero-order valence-corrected chi connectivity index (χ0v) is 12.9. The molecule has 0 atom stereocenters. The summed E-state index contributed by atoms with van der Waals surface area (Å²) in [7, 11) is 0. The summed E-state index contributed by atoms with van der Waals surface area (Å²) in [6, 6.07) is 6.47.